The third kappa shape index (κ3) is 2.34. The number of nitrogens with one attached hydrogen (secondary N) is 1. The fourth-order valence-corrected chi connectivity index (χ4v) is 1.87. The van der Waals surface area contributed by atoms with E-state index in [1.54, 1.807) is 0 Å². The number of hydrogen-bond donors (Lipinski definition) is 1. The van der Waals surface area contributed by atoms with Gasteiger partial charge in [-0.15, -0.1) is 0 Å². The van der Waals surface area contributed by atoms with E-state index in [0.29, 0.717) is 5.41 Å². The van der Waals surface area contributed by atoms with E-state index < -0.39 is 0 Å². The summed E-state index contributed by atoms with van der Waals surface area (Å²) in [6.07, 6.45) is 9.95. The van der Waals surface area contributed by atoms with Crippen LogP contribution in [0.25, 0.3) is 0 Å². The van der Waals surface area contributed by atoms with Crippen molar-refractivity contribution in [2.75, 3.05) is 13.1 Å². The van der Waals surface area contributed by atoms with Crippen LogP contribution in [0.4, 0.5) is 0 Å². The van der Waals surface area contributed by atoms with Crippen LogP contribution in [-0.4, -0.2) is 13.1 Å². The lowest BCUT2D eigenvalue weighted by molar-refractivity contribution is 0.126. The van der Waals surface area contributed by atoms with Crippen LogP contribution < -0.4 is 5.32 Å². The third-order valence-corrected chi connectivity index (χ3v) is 3.16. The molecule has 1 aliphatic rings. The van der Waals surface area contributed by atoms with Gasteiger partial charge in [0.1, 0.15) is 0 Å². The van der Waals surface area contributed by atoms with Crippen molar-refractivity contribution in [3.8, 4) is 0 Å². The maximum Gasteiger partial charge on any atom is 0.0135 e. The third-order valence-electron chi connectivity index (χ3n) is 3.16. The molecule has 1 heteroatoms. The van der Waals surface area contributed by atoms with Crippen LogP contribution in [0.1, 0.15) is 39.5 Å². The lowest BCUT2D eigenvalue weighted by atomic mass is 9.67. The topological polar surface area (TPSA) is 12.0 Å². The smallest absolute Gasteiger partial charge is 0.0135 e. The van der Waals surface area contributed by atoms with Crippen molar-refractivity contribution in [3.05, 3.63) is 12.2 Å². The van der Waals surface area contributed by atoms with Gasteiger partial charge >= 0.3 is 0 Å². The quantitative estimate of drug-likeness (QED) is 0.490. The van der Waals surface area contributed by atoms with Crippen molar-refractivity contribution in [1.82, 2.24) is 5.32 Å². The average Bonchev–Trinajstić information content (AvgIpc) is 2.02. The van der Waals surface area contributed by atoms with Crippen LogP contribution in [0.5, 0.6) is 0 Å². The van der Waals surface area contributed by atoms with Gasteiger partial charge in [-0.3, -0.25) is 0 Å². The molecule has 0 unspecified atom stereocenters. The molecule has 0 aromatic heterocycles. The summed E-state index contributed by atoms with van der Waals surface area (Å²) < 4.78 is 0. The second kappa shape index (κ2) is 4.66. The Morgan fingerprint density at radius 2 is 2.17 bits per heavy atom. The Labute approximate surface area is 76.2 Å². The predicted molar refractivity (Wildman–Crippen MR) is 54.3 cm³/mol. The number of rotatable bonds is 5. The minimum Gasteiger partial charge on any atom is -0.313 e. The first-order chi connectivity index (χ1) is 5.83. The average molecular weight is 167 g/mol. The first-order valence-electron chi connectivity index (χ1n) is 5.15. The maximum atomic E-state index is 3.49. The van der Waals surface area contributed by atoms with Gasteiger partial charge in [-0.1, -0.05) is 25.5 Å². The highest BCUT2D eigenvalue weighted by molar-refractivity contribution is 4.89. The molecule has 1 nitrogen and oxygen atoms in total. The molecule has 70 valence electrons. The molecule has 0 aliphatic heterocycles. The molecule has 1 fully saturated rings. The van der Waals surface area contributed by atoms with Gasteiger partial charge in [-0.05, 0) is 31.6 Å². The van der Waals surface area contributed by atoms with Crippen LogP contribution in [0, 0.1) is 5.41 Å². The Morgan fingerprint density at radius 1 is 1.42 bits per heavy atom. The zero-order chi connectivity index (χ0) is 8.86. The van der Waals surface area contributed by atoms with E-state index in [-0.39, 0.29) is 0 Å². The maximum absolute atomic E-state index is 3.49. The van der Waals surface area contributed by atoms with E-state index in [1.807, 2.05) is 0 Å². The summed E-state index contributed by atoms with van der Waals surface area (Å²) >= 11 is 0. The highest BCUT2D eigenvalue weighted by atomic mass is 14.9. The SMILES string of the molecule is C/C=C/CNCC1(CC)CCC1. The molecule has 1 N–H and O–H groups in total. The summed E-state index contributed by atoms with van der Waals surface area (Å²) in [5.41, 5.74) is 0.668. The lowest BCUT2D eigenvalue weighted by Gasteiger charge is -2.41. The van der Waals surface area contributed by atoms with Gasteiger partial charge in [-0.25, -0.2) is 0 Å². The summed E-state index contributed by atoms with van der Waals surface area (Å²) in [6.45, 7) is 6.64. The predicted octanol–water partition coefficient (Wildman–Crippen LogP) is 2.73. The standard InChI is InChI=1S/C11H21N/c1-3-5-9-12-10-11(4-2)7-6-8-11/h3,5,12H,4,6-10H2,1-2H3/b5-3+. The van der Waals surface area contributed by atoms with Gasteiger partial charge in [0.2, 0.25) is 0 Å². The molecule has 12 heavy (non-hydrogen) atoms. The van der Waals surface area contributed by atoms with Crippen LogP contribution in [0.15, 0.2) is 12.2 Å². The van der Waals surface area contributed by atoms with E-state index in [9.17, 15) is 0 Å². The minimum absolute atomic E-state index is 0.668. The fourth-order valence-electron chi connectivity index (χ4n) is 1.87. The Kier molecular flexibility index (Phi) is 3.80. The van der Waals surface area contributed by atoms with Gasteiger partial charge in [0.25, 0.3) is 0 Å². The molecule has 0 amide bonds. The van der Waals surface area contributed by atoms with Crippen molar-refractivity contribution in [2.45, 2.75) is 39.5 Å². The summed E-state index contributed by atoms with van der Waals surface area (Å²) in [4.78, 5) is 0. The largest absolute Gasteiger partial charge is 0.313 e. The van der Waals surface area contributed by atoms with Crippen molar-refractivity contribution in [2.24, 2.45) is 5.41 Å². The number of hydrogen-bond acceptors (Lipinski definition) is 1. The van der Waals surface area contributed by atoms with Gasteiger partial charge in [0, 0.05) is 13.1 Å². The lowest BCUT2D eigenvalue weighted by Crippen LogP contribution is -2.39. The zero-order valence-electron chi connectivity index (χ0n) is 8.40. The highest BCUT2D eigenvalue weighted by Gasteiger charge is 2.34. The van der Waals surface area contributed by atoms with Crippen LogP contribution >= 0.6 is 0 Å². The Bertz CT molecular complexity index is 140. The molecule has 1 aliphatic carbocycles. The van der Waals surface area contributed by atoms with Gasteiger partial charge < -0.3 is 5.32 Å². The molecule has 0 spiro atoms. The normalized spacial score (nSPS) is 21.2. The summed E-state index contributed by atoms with van der Waals surface area (Å²) in [6, 6.07) is 0. The molecule has 0 bridgehead atoms. The second-order valence-corrected chi connectivity index (χ2v) is 3.91. The van der Waals surface area contributed by atoms with Gasteiger partial charge in [-0.2, -0.15) is 0 Å². The van der Waals surface area contributed by atoms with Crippen molar-refractivity contribution >= 4 is 0 Å². The monoisotopic (exact) mass is 167 g/mol. The molecule has 0 aromatic carbocycles. The first kappa shape index (κ1) is 9.79. The van der Waals surface area contributed by atoms with Crippen LogP contribution in [-0.2, 0) is 0 Å². The Hall–Kier alpha value is -0.300. The summed E-state index contributed by atoms with van der Waals surface area (Å²) in [7, 11) is 0. The number of allylic oxidation sites excluding steroid dienone is 1. The molecule has 0 radical (unpaired) electrons. The van der Waals surface area contributed by atoms with E-state index >= 15 is 0 Å². The zero-order valence-corrected chi connectivity index (χ0v) is 8.40. The summed E-state index contributed by atoms with van der Waals surface area (Å²) in [5.74, 6) is 0. The fraction of sp³-hybridized carbons (Fsp3) is 0.818. The first-order valence-corrected chi connectivity index (χ1v) is 5.15. The van der Waals surface area contributed by atoms with Crippen molar-refractivity contribution in [3.63, 3.8) is 0 Å². The molecular weight excluding hydrogens is 146 g/mol. The molecule has 0 atom stereocenters. The Balaban J connectivity index is 2.12. The van der Waals surface area contributed by atoms with Gasteiger partial charge in [0.05, 0.1) is 0 Å². The van der Waals surface area contributed by atoms with Crippen molar-refractivity contribution < 1.29 is 0 Å². The highest BCUT2D eigenvalue weighted by Crippen LogP contribution is 2.42. The van der Waals surface area contributed by atoms with E-state index in [2.05, 4.69) is 31.3 Å². The van der Waals surface area contributed by atoms with Crippen molar-refractivity contribution in [1.29, 1.82) is 0 Å². The van der Waals surface area contributed by atoms with Crippen LogP contribution in [0.2, 0.25) is 0 Å². The minimum atomic E-state index is 0.668. The van der Waals surface area contributed by atoms with Gasteiger partial charge in [0.15, 0.2) is 0 Å². The molecule has 0 heterocycles. The van der Waals surface area contributed by atoms with Crippen LogP contribution in [0.3, 0.4) is 0 Å². The molecular formula is C11H21N. The molecule has 1 saturated carbocycles. The van der Waals surface area contributed by atoms with E-state index in [0.717, 1.165) is 6.54 Å². The van der Waals surface area contributed by atoms with E-state index in [1.165, 1.54) is 32.2 Å². The molecule has 1 rings (SSSR count). The Morgan fingerprint density at radius 3 is 2.58 bits per heavy atom. The molecule has 0 saturated heterocycles. The van der Waals surface area contributed by atoms with E-state index in [4.69, 9.17) is 0 Å². The second-order valence-electron chi connectivity index (χ2n) is 3.91. The molecule has 0 aromatic rings. The summed E-state index contributed by atoms with van der Waals surface area (Å²) in [5, 5.41) is 3.49.